The van der Waals surface area contributed by atoms with Gasteiger partial charge in [-0.1, -0.05) is 35.9 Å². The van der Waals surface area contributed by atoms with Gasteiger partial charge in [-0.15, -0.1) is 0 Å². The Morgan fingerprint density at radius 3 is 2.83 bits per heavy atom. The third-order valence-electron chi connectivity index (χ3n) is 3.54. The van der Waals surface area contributed by atoms with Gasteiger partial charge in [0.1, 0.15) is 0 Å². The van der Waals surface area contributed by atoms with Gasteiger partial charge in [-0.2, -0.15) is 5.26 Å². The number of piperidine rings is 1. The fraction of sp³-hybridized carbons (Fsp3) is 0.438. The molecular formula is C16H20N2. The average molecular weight is 240 g/mol. The third-order valence-corrected chi connectivity index (χ3v) is 3.54. The van der Waals surface area contributed by atoms with Crippen LogP contribution in [-0.4, -0.2) is 12.6 Å². The number of nitriles is 1. The summed E-state index contributed by atoms with van der Waals surface area (Å²) < 4.78 is 0. The van der Waals surface area contributed by atoms with Gasteiger partial charge in [0.2, 0.25) is 0 Å². The van der Waals surface area contributed by atoms with Gasteiger partial charge in [-0.25, -0.2) is 0 Å². The SMILES string of the molecule is CC1C/C(=C(\C#N)CCc2ccccc2)CCN1. The van der Waals surface area contributed by atoms with Gasteiger partial charge in [0, 0.05) is 11.6 Å². The molecule has 1 atom stereocenters. The van der Waals surface area contributed by atoms with E-state index in [1.165, 1.54) is 11.1 Å². The van der Waals surface area contributed by atoms with E-state index in [-0.39, 0.29) is 0 Å². The normalized spacial score (nSPS) is 22.3. The Bertz CT molecular complexity index is 454. The molecule has 1 heterocycles. The lowest BCUT2D eigenvalue weighted by Crippen LogP contribution is -2.32. The Morgan fingerprint density at radius 1 is 1.39 bits per heavy atom. The van der Waals surface area contributed by atoms with E-state index in [1.54, 1.807) is 0 Å². The van der Waals surface area contributed by atoms with Crippen molar-refractivity contribution in [2.45, 2.75) is 38.6 Å². The van der Waals surface area contributed by atoms with Crippen LogP contribution >= 0.6 is 0 Å². The van der Waals surface area contributed by atoms with E-state index in [4.69, 9.17) is 0 Å². The second-order valence-corrected chi connectivity index (χ2v) is 4.99. The first-order chi connectivity index (χ1) is 8.79. The van der Waals surface area contributed by atoms with Crippen LogP contribution in [0.2, 0.25) is 0 Å². The summed E-state index contributed by atoms with van der Waals surface area (Å²) in [5.74, 6) is 0. The van der Waals surface area contributed by atoms with E-state index in [0.717, 1.165) is 37.8 Å². The maximum atomic E-state index is 9.31. The standard InChI is InChI=1S/C16H20N2/c1-13-11-15(9-10-18-13)16(12-17)8-7-14-5-3-2-4-6-14/h2-6,13,18H,7-11H2,1H3/b16-15-. The Balaban J connectivity index is 2.01. The lowest BCUT2D eigenvalue weighted by Gasteiger charge is -2.23. The van der Waals surface area contributed by atoms with Crippen molar-refractivity contribution in [3.05, 3.63) is 47.0 Å². The summed E-state index contributed by atoms with van der Waals surface area (Å²) in [4.78, 5) is 0. The largest absolute Gasteiger partial charge is 0.314 e. The molecule has 0 saturated carbocycles. The lowest BCUT2D eigenvalue weighted by molar-refractivity contribution is 0.490. The molecule has 1 aromatic rings. The molecule has 1 aromatic carbocycles. The molecule has 1 aliphatic rings. The highest BCUT2D eigenvalue weighted by atomic mass is 14.9. The molecule has 1 unspecified atom stereocenters. The summed E-state index contributed by atoms with van der Waals surface area (Å²) in [7, 11) is 0. The topological polar surface area (TPSA) is 35.8 Å². The second kappa shape index (κ2) is 6.37. The zero-order chi connectivity index (χ0) is 12.8. The summed E-state index contributed by atoms with van der Waals surface area (Å²) in [5, 5.41) is 12.7. The van der Waals surface area contributed by atoms with Crippen LogP contribution in [0.4, 0.5) is 0 Å². The van der Waals surface area contributed by atoms with E-state index in [2.05, 4.69) is 42.6 Å². The van der Waals surface area contributed by atoms with Gasteiger partial charge < -0.3 is 5.32 Å². The fourth-order valence-corrected chi connectivity index (χ4v) is 2.51. The van der Waals surface area contributed by atoms with Crippen LogP contribution in [0.5, 0.6) is 0 Å². The molecule has 18 heavy (non-hydrogen) atoms. The highest BCUT2D eigenvalue weighted by Gasteiger charge is 2.15. The Morgan fingerprint density at radius 2 is 2.17 bits per heavy atom. The predicted octanol–water partition coefficient (Wildman–Crippen LogP) is 3.21. The van der Waals surface area contributed by atoms with Gasteiger partial charge in [0.25, 0.3) is 0 Å². The van der Waals surface area contributed by atoms with Crippen molar-refractivity contribution < 1.29 is 0 Å². The maximum absolute atomic E-state index is 9.31. The van der Waals surface area contributed by atoms with Crippen molar-refractivity contribution in [1.82, 2.24) is 5.32 Å². The van der Waals surface area contributed by atoms with Gasteiger partial charge in [-0.3, -0.25) is 0 Å². The summed E-state index contributed by atoms with van der Waals surface area (Å²) >= 11 is 0. The van der Waals surface area contributed by atoms with Gasteiger partial charge in [-0.05, 0) is 44.7 Å². The third kappa shape index (κ3) is 3.45. The average Bonchev–Trinajstić information content (AvgIpc) is 2.41. The number of allylic oxidation sites excluding steroid dienone is 1. The van der Waals surface area contributed by atoms with Crippen LogP contribution in [0.25, 0.3) is 0 Å². The molecule has 2 nitrogen and oxygen atoms in total. The Labute approximate surface area is 109 Å². The molecule has 0 amide bonds. The zero-order valence-electron chi connectivity index (χ0n) is 10.9. The minimum absolute atomic E-state index is 0.508. The van der Waals surface area contributed by atoms with Crippen molar-refractivity contribution in [3.8, 4) is 6.07 Å². The lowest BCUT2D eigenvalue weighted by atomic mass is 9.92. The molecule has 1 saturated heterocycles. The summed E-state index contributed by atoms with van der Waals surface area (Å²) in [5.41, 5.74) is 3.68. The molecule has 2 rings (SSSR count). The molecule has 0 aromatic heterocycles. The molecule has 1 aliphatic heterocycles. The first kappa shape index (κ1) is 12.9. The molecule has 0 radical (unpaired) electrons. The van der Waals surface area contributed by atoms with Crippen LogP contribution in [0.1, 0.15) is 31.7 Å². The van der Waals surface area contributed by atoms with Crippen LogP contribution in [0.3, 0.4) is 0 Å². The summed E-state index contributed by atoms with van der Waals surface area (Å²) in [6.07, 6.45) is 3.90. The molecular weight excluding hydrogens is 220 g/mol. The number of hydrogen-bond acceptors (Lipinski definition) is 2. The van der Waals surface area contributed by atoms with Crippen molar-refractivity contribution in [3.63, 3.8) is 0 Å². The molecule has 2 heteroatoms. The minimum atomic E-state index is 0.508. The Hall–Kier alpha value is -1.59. The summed E-state index contributed by atoms with van der Waals surface area (Å²) in [6.45, 7) is 3.19. The van der Waals surface area contributed by atoms with Crippen molar-refractivity contribution in [2.24, 2.45) is 0 Å². The number of hydrogen-bond donors (Lipinski definition) is 1. The van der Waals surface area contributed by atoms with E-state index in [1.807, 2.05) is 6.07 Å². The highest BCUT2D eigenvalue weighted by molar-refractivity contribution is 5.31. The fourth-order valence-electron chi connectivity index (χ4n) is 2.51. The van der Waals surface area contributed by atoms with Crippen molar-refractivity contribution in [1.29, 1.82) is 5.26 Å². The van der Waals surface area contributed by atoms with Gasteiger partial charge in [0.15, 0.2) is 0 Å². The number of benzene rings is 1. The quantitative estimate of drug-likeness (QED) is 0.823. The van der Waals surface area contributed by atoms with Crippen LogP contribution in [0, 0.1) is 11.3 Å². The van der Waals surface area contributed by atoms with Crippen LogP contribution in [0.15, 0.2) is 41.5 Å². The number of rotatable bonds is 3. The molecule has 0 spiro atoms. The first-order valence-corrected chi connectivity index (χ1v) is 6.68. The summed E-state index contributed by atoms with van der Waals surface area (Å²) in [6, 6.07) is 13.3. The first-order valence-electron chi connectivity index (χ1n) is 6.68. The van der Waals surface area contributed by atoms with Gasteiger partial charge >= 0.3 is 0 Å². The van der Waals surface area contributed by atoms with E-state index >= 15 is 0 Å². The predicted molar refractivity (Wildman–Crippen MR) is 74.1 cm³/mol. The van der Waals surface area contributed by atoms with Gasteiger partial charge in [0.05, 0.1) is 6.07 Å². The number of nitrogens with zero attached hydrogens (tertiary/aromatic N) is 1. The minimum Gasteiger partial charge on any atom is -0.314 e. The monoisotopic (exact) mass is 240 g/mol. The van der Waals surface area contributed by atoms with Crippen LogP contribution < -0.4 is 5.32 Å². The van der Waals surface area contributed by atoms with Crippen molar-refractivity contribution >= 4 is 0 Å². The second-order valence-electron chi connectivity index (χ2n) is 4.99. The zero-order valence-corrected chi connectivity index (χ0v) is 10.9. The smallest absolute Gasteiger partial charge is 0.0946 e. The number of aryl methyl sites for hydroxylation is 1. The molecule has 1 fully saturated rings. The van der Waals surface area contributed by atoms with Crippen molar-refractivity contribution in [2.75, 3.05) is 6.54 Å². The van der Waals surface area contributed by atoms with E-state index in [9.17, 15) is 5.26 Å². The molecule has 0 bridgehead atoms. The maximum Gasteiger partial charge on any atom is 0.0946 e. The molecule has 0 aliphatic carbocycles. The molecule has 94 valence electrons. The highest BCUT2D eigenvalue weighted by Crippen LogP contribution is 2.22. The van der Waals surface area contributed by atoms with E-state index < -0.39 is 0 Å². The van der Waals surface area contributed by atoms with Crippen LogP contribution in [-0.2, 0) is 6.42 Å². The number of nitrogens with one attached hydrogen (secondary N) is 1. The molecule has 1 N–H and O–H groups in total. The van der Waals surface area contributed by atoms with E-state index in [0.29, 0.717) is 6.04 Å². The Kier molecular flexibility index (Phi) is 4.55.